The minimum absolute atomic E-state index is 0.0356. The van der Waals surface area contributed by atoms with E-state index in [2.05, 4.69) is 37.4 Å². The first-order valence-electron chi connectivity index (χ1n) is 10.3. The molecule has 1 fully saturated rings. The van der Waals surface area contributed by atoms with Gasteiger partial charge in [-0.25, -0.2) is 0 Å². The number of benzene rings is 2. The van der Waals surface area contributed by atoms with E-state index in [-0.39, 0.29) is 11.9 Å². The summed E-state index contributed by atoms with van der Waals surface area (Å²) in [4.78, 5) is 17.5. The van der Waals surface area contributed by atoms with Crippen LogP contribution in [0.5, 0.6) is 0 Å². The van der Waals surface area contributed by atoms with Crippen LogP contribution in [-0.2, 0) is 9.53 Å². The quantitative estimate of drug-likeness (QED) is 0.763. The number of hydrogen-bond acceptors (Lipinski definition) is 3. The molecule has 1 atom stereocenters. The number of nitrogens with one attached hydrogen (secondary N) is 1. The second kappa shape index (κ2) is 8.58. The molecule has 1 saturated heterocycles. The highest BCUT2D eigenvalue weighted by molar-refractivity contribution is 7.80. The van der Waals surface area contributed by atoms with Crippen molar-refractivity contribution >= 4 is 28.9 Å². The topological polar surface area (TPSA) is 44.8 Å². The molecule has 4 rings (SSSR count). The summed E-state index contributed by atoms with van der Waals surface area (Å²) in [6.07, 6.45) is 0. The Kier molecular flexibility index (Phi) is 5.88. The second-order valence-corrected chi connectivity index (χ2v) is 8.19. The third-order valence-corrected chi connectivity index (χ3v) is 6.20. The molecule has 156 valence electrons. The van der Waals surface area contributed by atoms with Crippen LogP contribution >= 0.6 is 12.2 Å². The summed E-state index contributed by atoms with van der Waals surface area (Å²) in [5.41, 5.74) is 6.00. The number of thiocarbonyl (C=S) groups is 1. The molecule has 6 heteroatoms. The Bertz CT molecular complexity index is 997. The van der Waals surface area contributed by atoms with Gasteiger partial charge in [-0.2, -0.15) is 0 Å². The lowest BCUT2D eigenvalue weighted by molar-refractivity contribution is -0.131. The number of carbonyl (C=O) groups excluding carboxylic acids is 1. The number of morpholine rings is 1. The van der Waals surface area contributed by atoms with E-state index in [0.29, 0.717) is 31.4 Å². The van der Waals surface area contributed by atoms with E-state index in [0.717, 1.165) is 22.5 Å². The number of anilines is 1. The zero-order valence-electron chi connectivity index (χ0n) is 17.6. The molecule has 0 aliphatic carbocycles. The van der Waals surface area contributed by atoms with Gasteiger partial charge in [-0.15, -0.1) is 0 Å². The Hall–Kier alpha value is -2.70. The molecule has 0 aromatic heterocycles. The number of allylic oxidation sites excluding steroid dienone is 1. The maximum absolute atomic E-state index is 13.7. The van der Waals surface area contributed by atoms with E-state index in [4.69, 9.17) is 17.0 Å². The van der Waals surface area contributed by atoms with E-state index < -0.39 is 0 Å². The van der Waals surface area contributed by atoms with Gasteiger partial charge >= 0.3 is 0 Å². The standard InChI is InChI=1S/C24H27N3O2S/c1-16-9-10-20(15-17(16)2)27-18(3)21(23(28)26-11-13-29-14-12-26)22(25-24(27)30)19-7-5-4-6-8-19/h4-10,15,22H,11-14H2,1-3H3,(H,25,30). The normalized spacial score (nSPS) is 19.7. The van der Waals surface area contributed by atoms with Crippen molar-refractivity contribution in [2.45, 2.75) is 26.8 Å². The average molecular weight is 422 g/mol. The Labute approximate surface area is 183 Å². The van der Waals surface area contributed by atoms with Crippen molar-refractivity contribution in [1.29, 1.82) is 0 Å². The monoisotopic (exact) mass is 421 g/mol. The lowest BCUT2D eigenvalue weighted by atomic mass is 9.93. The van der Waals surface area contributed by atoms with E-state index in [9.17, 15) is 4.79 Å². The Balaban J connectivity index is 1.82. The van der Waals surface area contributed by atoms with Crippen LogP contribution in [0.1, 0.15) is 29.7 Å². The molecular formula is C24H27N3O2S. The molecule has 1 unspecified atom stereocenters. The van der Waals surface area contributed by atoms with Crippen molar-refractivity contribution < 1.29 is 9.53 Å². The molecule has 0 bridgehead atoms. The first-order chi connectivity index (χ1) is 14.5. The summed E-state index contributed by atoms with van der Waals surface area (Å²) in [6.45, 7) is 8.52. The number of carbonyl (C=O) groups is 1. The zero-order valence-corrected chi connectivity index (χ0v) is 18.5. The van der Waals surface area contributed by atoms with Gasteiger partial charge in [0.2, 0.25) is 0 Å². The molecule has 5 nitrogen and oxygen atoms in total. The van der Waals surface area contributed by atoms with Crippen LogP contribution in [0.15, 0.2) is 59.8 Å². The zero-order chi connectivity index (χ0) is 21.3. The van der Waals surface area contributed by atoms with Crippen molar-refractivity contribution in [1.82, 2.24) is 10.2 Å². The molecular weight excluding hydrogens is 394 g/mol. The highest BCUT2D eigenvalue weighted by atomic mass is 32.1. The molecule has 0 saturated carbocycles. The maximum Gasteiger partial charge on any atom is 0.254 e. The van der Waals surface area contributed by atoms with E-state index in [1.165, 1.54) is 11.1 Å². The number of nitrogens with zero attached hydrogens (tertiary/aromatic N) is 2. The molecule has 1 amide bonds. The third-order valence-electron chi connectivity index (χ3n) is 5.90. The molecule has 2 aromatic carbocycles. The van der Waals surface area contributed by atoms with Gasteiger partial charge in [0.1, 0.15) is 0 Å². The van der Waals surface area contributed by atoms with Crippen LogP contribution in [0.25, 0.3) is 0 Å². The van der Waals surface area contributed by atoms with Crippen molar-refractivity contribution in [3.8, 4) is 0 Å². The fraction of sp³-hybridized carbons (Fsp3) is 0.333. The van der Waals surface area contributed by atoms with Crippen molar-refractivity contribution in [2.75, 3.05) is 31.2 Å². The summed E-state index contributed by atoms with van der Waals surface area (Å²) in [5.74, 6) is 0.0356. The number of ether oxygens (including phenoxy) is 1. The lowest BCUT2D eigenvalue weighted by Crippen LogP contribution is -2.51. The van der Waals surface area contributed by atoms with Gasteiger partial charge in [-0.05, 0) is 61.8 Å². The van der Waals surface area contributed by atoms with Gasteiger partial charge in [0, 0.05) is 24.5 Å². The van der Waals surface area contributed by atoms with Crippen LogP contribution < -0.4 is 10.2 Å². The highest BCUT2D eigenvalue weighted by Crippen LogP contribution is 2.35. The maximum atomic E-state index is 13.7. The van der Waals surface area contributed by atoms with Crippen LogP contribution in [0.3, 0.4) is 0 Å². The molecule has 2 aliphatic heterocycles. The Morgan fingerprint density at radius 2 is 1.73 bits per heavy atom. The predicted molar refractivity (Wildman–Crippen MR) is 123 cm³/mol. The van der Waals surface area contributed by atoms with Crippen LogP contribution in [-0.4, -0.2) is 42.2 Å². The van der Waals surface area contributed by atoms with Crippen molar-refractivity contribution in [3.63, 3.8) is 0 Å². The second-order valence-electron chi connectivity index (χ2n) is 7.80. The van der Waals surface area contributed by atoms with Gasteiger partial charge in [0.05, 0.1) is 24.8 Å². The first kappa shape index (κ1) is 20.6. The molecule has 1 N–H and O–H groups in total. The van der Waals surface area contributed by atoms with Crippen LogP contribution in [0.4, 0.5) is 5.69 Å². The van der Waals surface area contributed by atoms with Gasteiger partial charge in [-0.1, -0.05) is 36.4 Å². The molecule has 30 heavy (non-hydrogen) atoms. The number of hydrogen-bond donors (Lipinski definition) is 1. The number of aryl methyl sites for hydroxylation is 2. The third kappa shape index (κ3) is 3.85. The number of rotatable bonds is 3. The summed E-state index contributed by atoms with van der Waals surface area (Å²) in [7, 11) is 0. The largest absolute Gasteiger partial charge is 0.378 e. The first-order valence-corrected chi connectivity index (χ1v) is 10.7. The van der Waals surface area contributed by atoms with E-state index >= 15 is 0 Å². The Morgan fingerprint density at radius 1 is 1.03 bits per heavy atom. The van der Waals surface area contributed by atoms with Crippen molar-refractivity contribution in [2.24, 2.45) is 0 Å². The highest BCUT2D eigenvalue weighted by Gasteiger charge is 2.36. The minimum atomic E-state index is -0.281. The fourth-order valence-electron chi connectivity index (χ4n) is 4.03. The summed E-state index contributed by atoms with van der Waals surface area (Å²) in [5, 5.41) is 4.04. The van der Waals surface area contributed by atoms with Crippen molar-refractivity contribution in [3.05, 3.63) is 76.5 Å². The van der Waals surface area contributed by atoms with Gasteiger partial charge in [0.25, 0.3) is 5.91 Å². The SMILES string of the molecule is CC1=C(C(=O)N2CCOCC2)C(c2ccccc2)NC(=S)N1c1ccc(C)c(C)c1. The van der Waals surface area contributed by atoms with Crippen LogP contribution in [0.2, 0.25) is 0 Å². The molecule has 0 spiro atoms. The van der Waals surface area contributed by atoms with Gasteiger partial charge in [-0.3, -0.25) is 9.69 Å². The summed E-state index contributed by atoms with van der Waals surface area (Å²) >= 11 is 5.77. The predicted octanol–water partition coefficient (Wildman–Crippen LogP) is 3.87. The van der Waals surface area contributed by atoms with Gasteiger partial charge in [0.15, 0.2) is 5.11 Å². The van der Waals surface area contributed by atoms with Crippen LogP contribution in [0, 0.1) is 13.8 Å². The fourth-order valence-corrected chi connectivity index (χ4v) is 4.39. The molecule has 2 aliphatic rings. The smallest absolute Gasteiger partial charge is 0.254 e. The molecule has 2 heterocycles. The summed E-state index contributed by atoms with van der Waals surface area (Å²) < 4.78 is 5.45. The Morgan fingerprint density at radius 3 is 2.40 bits per heavy atom. The van der Waals surface area contributed by atoms with Gasteiger partial charge < -0.3 is 15.0 Å². The molecule has 2 aromatic rings. The number of amides is 1. The summed E-state index contributed by atoms with van der Waals surface area (Å²) in [6, 6.07) is 16.0. The molecule has 0 radical (unpaired) electrons. The van der Waals surface area contributed by atoms with E-state index in [1.807, 2.05) is 47.1 Å². The lowest BCUT2D eigenvalue weighted by Gasteiger charge is -2.40. The van der Waals surface area contributed by atoms with E-state index in [1.54, 1.807) is 0 Å². The minimum Gasteiger partial charge on any atom is -0.378 e. The average Bonchev–Trinajstić information content (AvgIpc) is 2.76.